The maximum Gasteiger partial charge on any atom is 0.275 e. The molecule has 2 aromatic rings. The summed E-state index contributed by atoms with van der Waals surface area (Å²) in [5.74, 6) is -2.56. The van der Waals surface area contributed by atoms with Gasteiger partial charge in [0.15, 0.2) is 11.6 Å². The van der Waals surface area contributed by atoms with Crippen molar-refractivity contribution in [3.05, 3.63) is 40.1 Å². The number of hydrogen-bond acceptors (Lipinski definition) is 3. The van der Waals surface area contributed by atoms with Gasteiger partial charge in [0.05, 0.1) is 11.9 Å². The number of nitrogen functional groups attached to an aromatic ring is 1. The lowest BCUT2D eigenvalue weighted by Gasteiger charge is -2.07. The highest BCUT2D eigenvalue weighted by atomic mass is 79.9. The van der Waals surface area contributed by atoms with E-state index < -0.39 is 23.2 Å². The minimum Gasteiger partial charge on any atom is -0.396 e. The lowest BCUT2D eigenvalue weighted by atomic mass is 10.2. The summed E-state index contributed by atoms with van der Waals surface area (Å²) < 4.78 is 27.2. The molecule has 0 unspecified atom stereocenters. The molecule has 0 bridgehead atoms. The average molecular weight is 317 g/mol. The van der Waals surface area contributed by atoms with Gasteiger partial charge in [-0.2, -0.15) is 5.10 Å². The standard InChI is InChI=1S/C10H7BrF2N4O/c11-4-1-5(12)8(6(13)2-4)16-10(18)9-7(14)3-15-17-9/h1-3H,14H2,(H,15,17)(H,16,18). The minimum atomic E-state index is -0.895. The lowest BCUT2D eigenvalue weighted by molar-refractivity contribution is 0.102. The predicted octanol–water partition coefficient (Wildman–Crippen LogP) is 2.28. The van der Waals surface area contributed by atoms with E-state index in [1.54, 1.807) is 0 Å². The van der Waals surface area contributed by atoms with Crippen LogP contribution in [-0.2, 0) is 0 Å². The Kier molecular flexibility index (Phi) is 3.28. The van der Waals surface area contributed by atoms with Crippen LogP contribution in [0.4, 0.5) is 20.2 Å². The topological polar surface area (TPSA) is 83.8 Å². The highest BCUT2D eigenvalue weighted by Gasteiger charge is 2.17. The van der Waals surface area contributed by atoms with Crippen LogP contribution < -0.4 is 11.1 Å². The number of amides is 1. The van der Waals surface area contributed by atoms with Crippen LogP contribution in [0.3, 0.4) is 0 Å². The Morgan fingerprint density at radius 2 is 2.00 bits per heavy atom. The molecule has 18 heavy (non-hydrogen) atoms. The summed E-state index contributed by atoms with van der Waals surface area (Å²) in [4.78, 5) is 11.7. The maximum atomic E-state index is 13.5. The van der Waals surface area contributed by atoms with Gasteiger partial charge < -0.3 is 11.1 Å². The fourth-order valence-corrected chi connectivity index (χ4v) is 1.72. The number of nitrogens with zero attached hydrogens (tertiary/aromatic N) is 1. The van der Waals surface area contributed by atoms with Gasteiger partial charge in [-0.3, -0.25) is 9.89 Å². The number of aromatic amines is 1. The van der Waals surface area contributed by atoms with Gasteiger partial charge >= 0.3 is 0 Å². The van der Waals surface area contributed by atoms with Crippen molar-refractivity contribution in [2.75, 3.05) is 11.1 Å². The molecule has 1 amide bonds. The van der Waals surface area contributed by atoms with Crippen LogP contribution in [0, 0.1) is 11.6 Å². The molecule has 1 heterocycles. The average Bonchev–Trinajstić information content (AvgIpc) is 2.69. The number of rotatable bonds is 2. The molecule has 0 saturated heterocycles. The van der Waals surface area contributed by atoms with E-state index >= 15 is 0 Å². The normalized spacial score (nSPS) is 10.4. The van der Waals surface area contributed by atoms with E-state index in [-0.39, 0.29) is 15.9 Å². The SMILES string of the molecule is Nc1cn[nH]c1C(=O)Nc1c(F)cc(Br)cc1F. The van der Waals surface area contributed by atoms with Crippen molar-refractivity contribution in [3.63, 3.8) is 0 Å². The van der Waals surface area contributed by atoms with Gasteiger partial charge in [-0.1, -0.05) is 15.9 Å². The first-order chi connectivity index (χ1) is 8.49. The molecule has 94 valence electrons. The molecule has 5 nitrogen and oxygen atoms in total. The van der Waals surface area contributed by atoms with Crippen molar-refractivity contribution in [1.82, 2.24) is 10.2 Å². The van der Waals surface area contributed by atoms with Gasteiger partial charge in [-0.15, -0.1) is 0 Å². The summed E-state index contributed by atoms with van der Waals surface area (Å²) in [5.41, 5.74) is 4.93. The van der Waals surface area contributed by atoms with Crippen molar-refractivity contribution < 1.29 is 13.6 Å². The molecule has 4 N–H and O–H groups in total. The van der Waals surface area contributed by atoms with E-state index in [2.05, 4.69) is 31.4 Å². The highest BCUT2D eigenvalue weighted by molar-refractivity contribution is 9.10. The molecule has 0 aliphatic carbocycles. The number of nitrogens with one attached hydrogen (secondary N) is 2. The maximum absolute atomic E-state index is 13.5. The number of halogens is 3. The molecule has 0 spiro atoms. The molecular formula is C10H7BrF2N4O. The highest BCUT2D eigenvalue weighted by Crippen LogP contribution is 2.24. The number of carbonyl (C=O) groups excluding carboxylic acids is 1. The second kappa shape index (κ2) is 4.73. The summed E-state index contributed by atoms with van der Waals surface area (Å²) in [6.07, 6.45) is 1.23. The lowest BCUT2D eigenvalue weighted by Crippen LogP contribution is -2.16. The molecule has 0 aliphatic rings. The number of nitrogens with two attached hydrogens (primary N) is 1. The first-order valence-corrected chi connectivity index (χ1v) is 5.53. The van der Waals surface area contributed by atoms with Gasteiger partial charge in [-0.05, 0) is 12.1 Å². The molecule has 0 radical (unpaired) electrons. The Bertz CT molecular complexity index is 591. The van der Waals surface area contributed by atoms with Crippen LogP contribution >= 0.6 is 15.9 Å². The number of anilines is 2. The summed E-state index contributed by atoms with van der Waals surface area (Å²) in [5, 5.41) is 7.96. The first kappa shape index (κ1) is 12.5. The Hall–Kier alpha value is -1.96. The van der Waals surface area contributed by atoms with Gasteiger partial charge in [-0.25, -0.2) is 8.78 Å². The monoisotopic (exact) mass is 316 g/mol. The zero-order valence-electron chi connectivity index (χ0n) is 8.80. The Labute approximate surface area is 109 Å². The van der Waals surface area contributed by atoms with Gasteiger partial charge in [0.25, 0.3) is 5.91 Å². The third-order valence-corrected chi connectivity index (χ3v) is 2.60. The van der Waals surface area contributed by atoms with Crippen LogP contribution in [0.5, 0.6) is 0 Å². The van der Waals surface area contributed by atoms with Crippen molar-refractivity contribution in [2.45, 2.75) is 0 Å². The summed E-state index contributed by atoms with van der Waals surface area (Å²) in [7, 11) is 0. The molecule has 0 aliphatic heterocycles. The molecule has 1 aromatic carbocycles. The van der Waals surface area contributed by atoms with E-state index in [4.69, 9.17) is 5.73 Å². The van der Waals surface area contributed by atoms with Crippen LogP contribution in [0.25, 0.3) is 0 Å². The molecular weight excluding hydrogens is 310 g/mol. The molecule has 8 heteroatoms. The molecule has 1 aromatic heterocycles. The third-order valence-electron chi connectivity index (χ3n) is 2.14. The number of benzene rings is 1. The number of aromatic nitrogens is 2. The van der Waals surface area contributed by atoms with E-state index in [9.17, 15) is 13.6 Å². The first-order valence-electron chi connectivity index (χ1n) is 4.73. The quantitative estimate of drug-likeness (QED) is 0.794. The van der Waals surface area contributed by atoms with E-state index in [0.717, 1.165) is 12.1 Å². The van der Waals surface area contributed by atoms with Crippen LogP contribution in [0.15, 0.2) is 22.8 Å². The second-order valence-corrected chi connectivity index (χ2v) is 4.31. The van der Waals surface area contributed by atoms with Crippen molar-refractivity contribution in [3.8, 4) is 0 Å². The number of carbonyl (C=O) groups is 1. The molecule has 0 atom stereocenters. The molecule has 0 saturated carbocycles. The largest absolute Gasteiger partial charge is 0.396 e. The second-order valence-electron chi connectivity index (χ2n) is 3.40. The van der Waals surface area contributed by atoms with E-state index in [1.807, 2.05) is 0 Å². The summed E-state index contributed by atoms with van der Waals surface area (Å²) in [6.45, 7) is 0. The number of hydrogen-bond donors (Lipinski definition) is 3. The van der Waals surface area contributed by atoms with Crippen molar-refractivity contribution in [2.24, 2.45) is 0 Å². The van der Waals surface area contributed by atoms with Crippen molar-refractivity contribution >= 4 is 33.2 Å². The summed E-state index contributed by atoms with van der Waals surface area (Å²) >= 11 is 2.93. The van der Waals surface area contributed by atoms with Crippen LogP contribution in [0.2, 0.25) is 0 Å². The van der Waals surface area contributed by atoms with Crippen LogP contribution in [0.1, 0.15) is 10.5 Å². The zero-order chi connectivity index (χ0) is 13.3. The van der Waals surface area contributed by atoms with Crippen LogP contribution in [-0.4, -0.2) is 16.1 Å². The van der Waals surface area contributed by atoms with E-state index in [1.165, 1.54) is 6.20 Å². The minimum absolute atomic E-state index is 0.0586. The van der Waals surface area contributed by atoms with E-state index in [0.29, 0.717) is 0 Å². The fraction of sp³-hybridized carbons (Fsp3) is 0. The summed E-state index contributed by atoms with van der Waals surface area (Å²) in [6, 6.07) is 2.07. The Balaban J connectivity index is 2.31. The predicted molar refractivity (Wildman–Crippen MR) is 65.0 cm³/mol. The molecule has 0 fully saturated rings. The Morgan fingerprint density at radius 1 is 1.39 bits per heavy atom. The van der Waals surface area contributed by atoms with Gasteiger partial charge in [0.2, 0.25) is 0 Å². The molecule has 2 rings (SSSR count). The van der Waals surface area contributed by atoms with Gasteiger partial charge in [0.1, 0.15) is 11.4 Å². The zero-order valence-corrected chi connectivity index (χ0v) is 10.4. The van der Waals surface area contributed by atoms with Crippen molar-refractivity contribution in [1.29, 1.82) is 0 Å². The fourth-order valence-electron chi connectivity index (χ4n) is 1.31. The smallest absolute Gasteiger partial charge is 0.275 e. The van der Waals surface area contributed by atoms with Gasteiger partial charge in [0, 0.05) is 4.47 Å². The number of H-pyrrole nitrogens is 1. The Morgan fingerprint density at radius 3 is 2.50 bits per heavy atom. The third kappa shape index (κ3) is 2.33.